The number of amides is 1. The number of nitrogens with zero attached hydrogens (tertiary/aromatic N) is 3. The monoisotopic (exact) mass is 490 g/mol. The van der Waals surface area contributed by atoms with Crippen molar-refractivity contribution in [1.82, 2.24) is 9.27 Å². The Morgan fingerprint density at radius 1 is 1.21 bits per heavy atom. The fraction of sp³-hybridized carbons (Fsp3) is 0.333. The van der Waals surface area contributed by atoms with Gasteiger partial charge in [0.05, 0.1) is 11.1 Å². The zero-order valence-corrected chi connectivity index (χ0v) is 18.9. The number of aromatic nitrogens is 1. The zero-order valence-electron chi connectivity index (χ0n) is 15.8. The first-order chi connectivity index (χ1) is 14.1. The van der Waals surface area contributed by atoms with Crippen LogP contribution in [0.25, 0.3) is 10.1 Å². The number of halogens is 2. The van der Waals surface area contributed by atoms with Crippen LogP contribution in [0.2, 0.25) is 5.02 Å². The van der Waals surface area contributed by atoms with Crippen LogP contribution in [0.4, 0.5) is 11.5 Å². The Morgan fingerprint density at radius 3 is 2.86 bits per heavy atom. The van der Waals surface area contributed by atoms with E-state index >= 15 is 0 Å². The van der Waals surface area contributed by atoms with Crippen molar-refractivity contribution in [2.75, 3.05) is 42.9 Å². The molecule has 0 radical (unpaired) electrons. The highest BCUT2D eigenvalue weighted by Crippen LogP contribution is 2.35. The Morgan fingerprint density at radius 2 is 2.03 bits per heavy atom. The van der Waals surface area contributed by atoms with Crippen molar-refractivity contribution in [3.63, 3.8) is 0 Å². The molecule has 2 aliphatic rings. The number of benzene rings is 2. The predicted molar refractivity (Wildman–Crippen MR) is 123 cm³/mol. The van der Waals surface area contributed by atoms with Gasteiger partial charge in [0.2, 0.25) is 5.91 Å². The van der Waals surface area contributed by atoms with Gasteiger partial charge in [0, 0.05) is 53.3 Å². The molecule has 5 nitrogen and oxygen atoms in total. The van der Waals surface area contributed by atoms with Crippen LogP contribution < -0.4 is 10.2 Å². The minimum Gasteiger partial charge on any atom is -0.353 e. The molecule has 1 fully saturated rings. The fourth-order valence-electron chi connectivity index (χ4n) is 4.10. The molecular formula is C21H20BrClN4OS. The summed E-state index contributed by atoms with van der Waals surface area (Å²) in [5.74, 6) is 1.15. The van der Waals surface area contributed by atoms with Gasteiger partial charge in [-0.05, 0) is 63.2 Å². The van der Waals surface area contributed by atoms with Gasteiger partial charge in [-0.3, -0.25) is 9.69 Å². The van der Waals surface area contributed by atoms with Crippen molar-refractivity contribution in [1.29, 1.82) is 0 Å². The van der Waals surface area contributed by atoms with Crippen molar-refractivity contribution in [2.45, 2.75) is 12.8 Å². The number of fused-ring (bicyclic) bond motifs is 2. The number of piperazine rings is 1. The fourth-order valence-corrected chi connectivity index (χ4v) is 5.74. The van der Waals surface area contributed by atoms with Crippen molar-refractivity contribution in [3.05, 3.63) is 51.0 Å². The van der Waals surface area contributed by atoms with Gasteiger partial charge in [0.25, 0.3) is 0 Å². The third kappa shape index (κ3) is 3.77. The Hall–Kier alpha value is -1.67. The minimum absolute atomic E-state index is 0.0472. The Bertz CT molecular complexity index is 1090. The molecule has 5 rings (SSSR count). The zero-order chi connectivity index (χ0) is 20.0. The van der Waals surface area contributed by atoms with Crippen LogP contribution in [-0.4, -0.2) is 47.9 Å². The summed E-state index contributed by atoms with van der Waals surface area (Å²) in [6, 6.07) is 10.3. The lowest BCUT2D eigenvalue weighted by molar-refractivity contribution is -0.115. The second-order valence-corrected chi connectivity index (χ2v) is 9.56. The maximum atomic E-state index is 11.6. The van der Waals surface area contributed by atoms with Crippen molar-refractivity contribution >= 4 is 66.6 Å². The van der Waals surface area contributed by atoms with Crippen LogP contribution in [0.5, 0.6) is 0 Å². The molecule has 1 amide bonds. The third-order valence-corrected chi connectivity index (χ3v) is 7.86. The number of carbonyl (C=O) groups is 1. The SMILES string of the molecule is O=C1Cc2cc(CCN3CCN(c4nsc5c(Br)cccc45)CC3)c(Cl)cc2N1. The lowest BCUT2D eigenvalue weighted by atomic mass is 10.1. The molecule has 1 N–H and O–H groups in total. The lowest BCUT2D eigenvalue weighted by Crippen LogP contribution is -2.47. The molecule has 0 aliphatic carbocycles. The molecule has 1 aromatic heterocycles. The predicted octanol–water partition coefficient (Wildman–Crippen LogP) is 4.57. The average molecular weight is 492 g/mol. The van der Waals surface area contributed by atoms with E-state index in [1.165, 1.54) is 10.1 Å². The van der Waals surface area contributed by atoms with E-state index in [1.54, 1.807) is 11.5 Å². The van der Waals surface area contributed by atoms with Gasteiger partial charge in [-0.1, -0.05) is 23.7 Å². The smallest absolute Gasteiger partial charge is 0.228 e. The van der Waals surface area contributed by atoms with E-state index < -0.39 is 0 Å². The number of hydrogen-bond acceptors (Lipinski definition) is 5. The largest absolute Gasteiger partial charge is 0.353 e. The molecule has 2 aliphatic heterocycles. The maximum Gasteiger partial charge on any atom is 0.228 e. The number of anilines is 2. The van der Waals surface area contributed by atoms with Gasteiger partial charge in [0.15, 0.2) is 0 Å². The van der Waals surface area contributed by atoms with E-state index in [9.17, 15) is 4.79 Å². The van der Waals surface area contributed by atoms with Crippen LogP contribution >= 0.6 is 39.1 Å². The van der Waals surface area contributed by atoms with Gasteiger partial charge in [0.1, 0.15) is 5.82 Å². The van der Waals surface area contributed by atoms with Crippen molar-refractivity contribution in [2.24, 2.45) is 0 Å². The normalized spacial score (nSPS) is 17.0. The average Bonchev–Trinajstić information content (AvgIpc) is 3.30. The number of carbonyl (C=O) groups excluding carboxylic acids is 1. The van der Waals surface area contributed by atoms with Crippen molar-refractivity contribution in [3.8, 4) is 0 Å². The van der Waals surface area contributed by atoms with E-state index in [0.29, 0.717) is 6.42 Å². The molecule has 0 atom stereocenters. The van der Waals surface area contributed by atoms with Crippen molar-refractivity contribution < 1.29 is 4.79 Å². The quantitative estimate of drug-likeness (QED) is 0.581. The molecule has 2 aromatic carbocycles. The molecule has 29 heavy (non-hydrogen) atoms. The van der Waals surface area contributed by atoms with Gasteiger partial charge in [-0.25, -0.2) is 0 Å². The first-order valence-corrected chi connectivity index (χ1v) is 11.7. The summed E-state index contributed by atoms with van der Waals surface area (Å²) in [5.41, 5.74) is 3.04. The highest BCUT2D eigenvalue weighted by atomic mass is 79.9. The van der Waals surface area contributed by atoms with Gasteiger partial charge in [-0.15, -0.1) is 0 Å². The second kappa shape index (κ2) is 7.87. The summed E-state index contributed by atoms with van der Waals surface area (Å²) in [6.45, 7) is 4.94. The molecule has 0 saturated carbocycles. The molecule has 0 bridgehead atoms. The van der Waals surface area contributed by atoms with Gasteiger partial charge < -0.3 is 10.2 Å². The summed E-state index contributed by atoms with van der Waals surface area (Å²) in [5, 5.41) is 4.83. The molecule has 8 heteroatoms. The molecule has 1 saturated heterocycles. The van der Waals surface area contributed by atoms with E-state index in [1.807, 2.05) is 6.07 Å². The summed E-state index contributed by atoms with van der Waals surface area (Å²) in [7, 11) is 0. The lowest BCUT2D eigenvalue weighted by Gasteiger charge is -2.35. The maximum absolute atomic E-state index is 11.6. The first-order valence-electron chi connectivity index (χ1n) is 9.71. The molecule has 3 heterocycles. The molecule has 150 valence electrons. The summed E-state index contributed by atoms with van der Waals surface area (Å²) >= 11 is 11.6. The highest BCUT2D eigenvalue weighted by Gasteiger charge is 2.23. The van der Waals surface area contributed by atoms with Crippen LogP contribution in [0.15, 0.2) is 34.8 Å². The summed E-state index contributed by atoms with van der Waals surface area (Å²) in [6.07, 6.45) is 1.35. The highest BCUT2D eigenvalue weighted by molar-refractivity contribution is 9.10. The topological polar surface area (TPSA) is 48.5 Å². The Labute approximate surface area is 186 Å². The molecule has 3 aromatic rings. The van der Waals surface area contributed by atoms with E-state index in [0.717, 1.165) is 71.3 Å². The van der Waals surface area contributed by atoms with Gasteiger partial charge >= 0.3 is 0 Å². The third-order valence-electron chi connectivity index (χ3n) is 5.70. The van der Waals surface area contributed by atoms with Gasteiger partial charge in [-0.2, -0.15) is 4.37 Å². The van der Waals surface area contributed by atoms with Crippen LogP contribution in [0.1, 0.15) is 11.1 Å². The number of rotatable bonds is 4. The van der Waals surface area contributed by atoms with E-state index in [4.69, 9.17) is 16.0 Å². The summed E-state index contributed by atoms with van der Waals surface area (Å²) in [4.78, 5) is 16.5. The van der Waals surface area contributed by atoms with E-state index in [-0.39, 0.29) is 5.91 Å². The Kier molecular flexibility index (Phi) is 5.24. The molecular weight excluding hydrogens is 472 g/mol. The number of hydrogen-bond donors (Lipinski definition) is 1. The standard InChI is InChI=1S/C21H20BrClN4OS/c22-16-3-1-2-15-20(16)29-25-21(15)27-8-6-26(7-9-27)5-4-13-10-14-11-19(28)24-18(14)12-17(13)23/h1-3,10,12H,4-9,11H2,(H,24,28). The molecule has 0 spiro atoms. The second-order valence-electron chi connectivity index (χ2n) is 7.53. The first kappa shape index (κ1) is 19.3. The summed E-state index contributed by atoms with van der Waals surface area (Å²) < 4.78 is 7.04. The van der Waals surface area contributed by atoms with Crippen LogP contribution in [-0.2, 0) is 17.6 Å². The molecule has 0 unspecified atom stereocenters. The number of nitrogens with one attached hydrogen (secondary N) is 1. The van der Waals surface area contributed by atoms with Crippen LogP contribution in [0, 0.1) is 0 Å². The van der Waals surface area contributed by atoms with E-state index in [2.05, 4.69) is 55.3 Å². The Balaban J connectivity index is 1.21. The minimum atomic E-state index is 0.0472. The van der Waals surface area contributed by atoms with Crippen LogP contribution in [0.3, 0.4) is 0 Å².